The second kappa shape index (κ2) is 5.11. The van der Waals surface area contributed by atoms with E-state index in [1.165, 1.54) is 24.0 Å². The Bertz CT molecular complexity index is 551. The smallest absolute Gasteiger partial charge is 0.337 e. The van der Waals surface area contributed by atoms with E-state index in [-0.39, 0.29) is 10.6 Å². The Morgan fingerprint density at radius 2 is 2.00 bits per heavy atom. The fourth-order valence-corrected chi connectivity index (χ4v) is 1.99. The lowest BCUT2D eigenvalue weighted by Gasteiger charge is -2.02. The molecule has 1 N–H and O–H groups in total. The average molecular weight is 268 g/mol. The quantitative estimate of drug-likeness (QED) is 0.861. The molecule has 5 nitrogen and oxygen atoms in total. The largest absolute Gasteiger partial charge is 0.478 e. The van der Waals surface area contributed by atoms with Gasteiger partial charge in [-0.05, 0) is 23.9 Å². The van der Waals surface area contributed by atoms with Gasteiger partial charge in [0.25, 0.3) is 0 Å². The molecule has 0 aliphatic carbocycles. The lowest BCUT2D eigenvalue weighted by atomic mass is 10.3. The molecule has 0 fully saturated rings. The van der Waals surface area contributed by atoms with Crippen molar-refractivity contribution in [2.75, 3.05) is 0 Å². The zero-order valence-electron chi connectivity index (χ0n) is 8.37. The molecule has 0 saturated heterocycles. The van der Waals surface area contributed by atoms with Gasteiger partial charge in [-0.15, -0.1) is 0 Å². The lowest BCUT2D eigenvalue weighted by molar-refractivity contribution is 0.0696. The molecule has 0 unspecified atom stereocenters. The van der Waals surface area contributed by atoms with Crippen LogP contribution < -0.4 is 0 Å². The fourth-order valence-electron chi connectivity index (χ4n) is 1.04. The number of nitrogens with zero attached hydrogens (tertiary/aromatic N) is 3. The number of hydrogen-bond donors (Lipinski definition) is 1. The van der Waals surface area contributed by atoms with Crippen molar-refractivity contribution in [2.45, 2.75) is 10.2 Å². The van der Waals surface area contributed by atoms with Crippen molar-refractivity contribution in [3.05, 3.63) is 41.3 Å². The van der Waals surface area contributed by atoms with Crippen LogP contribution in [0, 0.1) is 0 Å². The van der Waals surface area contributed by atoms with Crippen LogP contribution in [0.15, 0.2) is 40.9 Å². The number of aromatic nitrogens is 3. The van der Waals surface area contributed by atoms with Gasteiger partial charge in [0.2, 0.25) is 0 Å². The summed E-state index contributed by atoms with van der Waals surface area (Å²) in [5.41, 5.74) is 0.0494. The maximum absolute atomic E-state index is 10.7. The minimum absolute atomic E-state index is 0.0494. The van der Waals surface area contributed by atoms with E-state index in [2.05, 4.69) is 15.0 Å². The molecule has 0 radical (unpaired) electrons. The molecule has 0 bridgehead atoms. The molecule has 0 aromatic carbocycles. The van der Waals surface area contributed by atoms with Gasteiger partial charge in [-0.3, -0.25) is 0 Å². The number of carboxylic acids is 1. The van der Waals surface area contributed by atoms with Crippen molar-refractivity contribution in [3.8, 4) is 0 Å². The maximum atomic E-state index is 10.7. The highest BCUT2D eigenvalue weighted by Gasteiger charge is 2.10. The molecular formula is C10H6ClN3O2S. The molecule has 0 atom stereocenters. The van der Waals surface area contributed by atoms with Gasteiger partial charge >= 0.3 is 5.97 Å². The van der Waals surface area contributed by atoms with E-state index >= 15 is 0 Å². The number of aromatic carboxylic acids is 1. The van der Waals surface area contributed by atoms with Crippen LogP contribution in [0.3, 0.4) is 0 Å². The monoisotopic (exact) mass is 267 g/mol. The third-order valence-electron chi connectivity index (χ3n) is 1.78. The molecule has 2 rings (SSSR count). The first-order valence-electron chi connectivity index (χ1n) is 4.50. The number of halogens is 1. The van der Waals surface area contributed by atoms with Crippen molar-refractivity contribution >= 4 is 29.3 Å². The average Bonchev–Trinajstić information content (AvgIpc) is 2.33. The van der Waals surface area contributed by atoms with Crippen molar-refractivity contribution in [1.82, 2.24) is 15.0 Å². The maximum Gasteiger partial charge on any atom is 0.337 e. The molecule has 0 saturated carbocycles. The van der Waals surface area contributed by atoms with Crippen LogP contribution in [0.2, 0.25) is 5.02 Å². The molecule has 86 valence electrons. The van der Waals surface area contributed by atoms with Crippen LogP contribution in [0.1, 0.15) is 10.4 Å². The Kier molecular flexibility index (Phi) is 3.55. The fraction of sp³-hybridized carbons (Fsp3) is 0. The van der Waals surface area contributed by atoms with E-state index in [1.54, 1.807) is 18.5 Å². The Morgan fingerprint density at radius 3 is 2.59 bits per heavy atom. The minimum atomic E-state index is -1.06. The predicted octanol–water partition coefficient (Wildman–Crippen LogP) is 2.37. The van der Waals surface area contributed by atoms with Gasteiger partial charge in [0.1, 0.15) is 5.03 Å². The van der Waals surface area contributed by atoms with Crippen LogP contribution >= 0.6 is 23.4 Å². The first kappa shape index (κ1) is 11.8. The van der Waals surface area contributed by atoms with Gasteiger partial charge in [-0.25, -0.2) is 19.7 Å². The normalized spacial score (nSPS) is 10.2. The summed E-state index contributed by atoms with van der Waals surface area (Å²) in [7, 11) is 0. The van der Waals surface area contributed by atoms with E-state index in [1.807, 2.05) is 0 Å². The summed E-state index contributed by atoms with van der Waals surface area (Å²) >= 11 is 7.10. The van der Waals surface area contributed by atoms with Crippen LogP contribution in [-0.2, 0) is 0 Å². The van der Waals surface area contributed by atoms with Gasteiger partial charge in [0, 0.05) is 18.6 Å². The summed E-state index contributed by atoms with van der Waals surface area (Å²) in [5.74, 6) is -1.06. The van der Waals surface area contributed by atoms with E-state index in [0.29, 0.717) is 10.2 Å². The minimum Gasteiger partial charge on any atom is -0.478 e. The summed E-state index contributed by atoms with van der Waals surface area (Å²) in [5, 5.41) is 10.0. The third-order valence-corrected chi connectivity index (χ3v) is 3.10. The number of pyridine rings is 1. The standard InChI is InChI=1S/C10H6ClN3O2S/c11-7-4-6(9(15)16)5-14-8(7)17-10-12-2-1-3-13-10/h1-5H,(H,15,16). The third kappa shape index (κ3) is 2.92. The van der Waals surface area contributed by atoms with Crippen molar-refractivity contribution in [3.63, 3.8) is 0 Å². The van der Waals surface area contributed by atoms with Crippen molar-refractivity contribution in [2.24, 2.45) is 0 Å². The molecule has 0 aliphatic heterocycles. The Hall–Kier alpha value is -1.66. The summed E-state index contributed by atoms with van der Waals surface area (Å²) in [6, 6.07) is 3.05. The summed E-state index contributed by atoms with van der Waals surface area (Å²) in [6.07, 6.45) is 4.46. The van der Waals surface area contributed by atoms with Crippen molar-refractivity contribution in [1.29, 1.82) is 0 Å². The van der Waals surface area contributed by atoms with Crippen LogP contribution in [-0.4, -0.2) is 26.0 Å². The highest BCUT2D eigenvalue weighted by atomic mass is 35.5. The molecule has 0 spiro atoms. The van der Waals surface area contributed by atoms with Gasteiger partial charge in [-0.2, -0.15) is 0 Å². The molecule has 0 aliphatic rings. The van der Waals surface area contributed by atoms with Crippen molar-refractivity contribution < 1.29 is 9.90 Å². The van der Waals surface area contributed by atoms with E-state index in [4.69, 9.17) is 16.7 Å². The number of hydrogen-bond acceptors (Lipinski definition) is 5. The van der Waals surface area contributed by atoms with Crippen LogP contribution in [0.5, 0.6) is 0 Å². The van der Waals surface area contributed by atoms with Gasteiger partial charge in [-0.1, -0.05) is 11.6 Å². The molecule has 2 heterocycles. The summed E-state index contributed by atoms with van der Waals surface area (Å²) in [6.45, 7) is 0. The Labute approximate surface area is 106 Å². The molecule has 17 heavy (non-hydrogen) atoms. The molecule has 2 aromatic heterocycles. The highest BCUT2D eigenvalue weighted by molar-refractivity contribution is 7.99. The summed E-state index contributed by atoms with van der Waals surface area (Å²) < 4.78 is 0. The van der Waals surface area contributed by atoms with E-state index < -0.39 is 5.97 Å². The first-order valence-corrected chi connectivity index (χ1v) is 5.70. The molecule has 7 heteroatoms. The Morgan fingerprint density at radius 1 is 1.29 bits per heavy atom. The molecular weight excluding hydrogens is 262 g/mol. The van der Waals surface area contributed by atoms with Gasteiger partial charge < -0.3 is 5.11 Å². The number of rotatable bonds is 3. The van der Waals surface area contributed by atoms with Crippen LogP contribution in [0.4, 0.5) is 0 Å². The first-order chi connectivity index (χ1) is 8.16. The zero-order chi connectivity index (χ0) is 12.3. The summed E-state index contributed by atoms with van der Waals surface area (Å²) in [4.78, 5) is 22.7. The van der Waals surface area contributed by atoms with E-state index in [9.17, 15) is 4.79 Å². The second-order valence-electron chi connectivity index (χ2n) is 2.95. The SMILES string of the molecule is O=C(O)c1cnc(Sc2ncccn2)c(Cl)c1. The van der Waals surface area contributed by atoms with Crippen LogP contribution in [0.25, 0.3) is 0 Å². The number of carbonyl (C=O) groups is 1. The molecule has 2 aromatic rings. The Balaban J connectivity index is 2.26. The second-order valence-corrected chi connectivity index (χ2v) is 4.31. The van der Waals surface area contributed by atoms with Gasteiger partial charge in [0.05, 0.1) is 10.6 Å². The highest BCUT2D eigenvalue weighted by Crippen LogP contribution is 2.29. The lowest BCUT2D eigenvalue weighted by Crippen LogP contribution is -1.98. The zero-order valence-corrected chi connectivity index (χ0v) is 9.94. The molecule has 0 amide bonds. The topological polar surface area (TPSA) is 76.0 Å². The van der Waals surface area contributed by atoms with E-state index in [0.717, 1.165) is 0 Å². The number of carboxylic acid groups (broad SMARTS) is 1. The van der Waals surface area contributed by atoms with Gasteiger partial charge in [0.15, 0.2) is 5.16 Å². The predicted molar refractivity (Wildman–Crippen MR) is 62.4 cm³/mol.